The van der Waals surface area contributed by atoms with Crippen LogP contribution in [0, 0.1) is 11.3 Å². The van der Waals surface area contributed by atoms with E-state index in [0.717, 1.165) is 38.8 Å². The molecule has 0 aromatic heterocycles. The highest BCUT2D eigenvalue weighted by atomic mass is 32.2. The Bertz CT molecular complexity index is 321. The SMILES string of the molecule is CCC1CNCCC12CCCS(=O)(=O)C2. The second-order valence-electron chi connectivity index (χ2n) is 5.12. The molecule has 2 atom stereocenters. The zero-order valence-electron chi connectivity index (χ0n) is 9.46. The van der Waals surface area contributed by atoms with Crippen molar-refractivity contribution in [2.75, 3.05) is 24.6 Å². The van der Waals surface area contributed by atoms with Crippen molar-refractivity contribution in [2.45, 2.75) is 32.6 Å². The Morgan fingerprint density at radius 2 is 2.20 bits per heavy atom. The van der Waals surface area contributed by atoms with Crippen molar-refractivity contribution in [2.24, 2.45) is 11.3 Å². The maximum atomic E-state index is 11.8. The lowest BCUT2D eigenvalue weighted by Gasteiger charge is -2.46. The van der Waals surface area contributed by atoms with Gasteiger partial charge in [-0.05, 0) is 43.7 Å². The summed E-state index contributed by atoms with van der Waals surface area (Å²) in [4.78, 5) is 0. The van der Waals surface area contributed by atoms with Crippen LogP contribution < -0.4 is 5.32 Å². The summed E-state index contributed by atoms with van der Waals surface area (Å²) in [5.41, 5.74) is 0.108. The lowest BCUT2D eigenvalue weighted by Crippen LogP contribution is -2.50. The molecule has 4 heteroatoms. The molecule has 2 rings (SSSR count). The average Bonchev–Trinajstić information content (AvgIpc) is 2.16. The van der Waals surface area contributed by atoms with Crippen LogP contribution in [-0.4, -0.2) is 33.0 Å². The number of hydrogen-bond acceptors (Lipinski definition) is 3. The molecule has 0 amide bonds. The quantitative estimate of drug-likeness (QED) is 0.737. The second kappa shape index (κ2) is 4.06. The molecule has 1 N–H and O–H groups in total. The molecule has 2 saturated heterocycles. The van der Waals surface area contributed by atoms with Crippen molar-refractivity contribution in [1.29, 1.82) is 0 Å². The van der Waals surface area contributed by atoms with E-state index in [1.165, 1.54) is 0 Å². The molecule has 88 valence electrons. The minimum absolute atomic E-state index is 0.108. The van der Waals surface area contributed by atoms with Crippen LogP contribution in [0.4, 0.5) is 0 Å². The maximum absolute atomic E-state index is 11.8. The van der Waals surface area contributed by atoms with E-state index in [1.54, 1.807) is 0 Å². The van der Waals surface area contributed by atoms with Gasteiger partial charge < -0.3 is 5.32 Å². The molecule has 0 aromatic carbocycles. The fraction of sp³-hybridized carbons (Fsp3) is 1.00. The first-order valence-corrected chi connectivity index (χ1v) is 7.81. The van der Waals surface area contributed by atoms with E-state index < -0.39 is 9.84 Å². The summed E-state index contributed by atoms with van der Waals surface area (Å²) < 4.78 is 23.5. The summed E-state index contributed by atoms with van der Waals surface area (Å²) in [7, 11) is -2.76. The van der Waals surface area contributed by atoms with Crippen LogP contribution in [0.2, 0.25) is 0 Å². The Morgan fingerprint density at radius 3 is 2.87 bits per heavy atom. The van der Waals surface area contributed by atoms with E-state index in [9.17, 15) is 8.42 Å². The Labute approximate surface area is 92.6 Å². The van der Waals surface area contributed by atoms with E-state index in [2.05, 4.69) is 12.2 Å². The van der Waals surface area contributed by atoms with Gasteiger partial charge >= 0.3 is 0 Å². The number of hydrogen-bond donors (Lipinski definition) is 1. The summed E-state index contributed by atoms with van der Waals surface area (Å²) in [5.74, 6) is 1.42. The average molecular weight is 231 g/mol. The number of piperidine rings is 1. The van der Waals surface area contributed by atoms with Crippen LogP contribution in [0.3, 0.4) is 0 Å². The summed E-state index contributed by atoms with van der Waals surface area (Å²) in [6.45, 7) is 4.18. The molecule has 2 heterocycles. The van der Waals surface area contributed by atoms with Gasteiger partial charge in [-0.3, -0.25) is 0 Å². The third-order valence-electron chi connectivity index (χ3n) is 4.19. The standard InChI is InChI=1S/C11H21NO2S/c1-2-10-8-12-6-5-11(10)4-3-7-15(13,14)9-11/h10,12H,2-9H2,1H3. The van der Waals surface area contributed by atoms with Crippen molar-refractivity contribution >= 4 is 9.84 Å². The molecular weight excluding hydrogens is 210 g/mol. The van der Waals surface area contributed by atoms with Gasteiger partial charge in [0.25, 0.3) is 0 Å². The summed E-state index contributed by atoms with van der Waals surface area (Å²) >= 11 is 0. The van der Waals surface area contributed by atoms with E-state index in [4.69, 9.17) is 0 Å². The zero-order valence-corrected chi connectivity index (χ0v) is 10.3. The highest BCUT2D eigenvalue weighted by Crippen LogP contribution is 2.44. The summed E-state index contributed by atoms with van der Waals surface area (Å²) in [6, 6.07) is 0. The number of rotatable bonds is 1. The molecule has 0 radical (unpaired) electrons. The summed E-state index contributed by atoms with van der Waals surface area (Å²) in [5, 5.41) is 3.39. The van der Waals surface area contributed by atoms with E-state index >= 15 is 0 Å². The predicted molar refractivity (Wildman–Crippen MR) is 61.6 cm³/mol. The van der Waals surface area contributed by atoms with Crippen LogP contribution in [0.25, 0.3) is 0 Å². The van der Waals surface area contributed by atoms with Gasteiger partial charge in [0.15, 0.2) is 9.84 Å². The first-order chi connectivity index (χ1) is 7.08. The molecule has 2 fully saturated rings. The minimum atomic E-state index is -2.76. The fourth-order valence-corrected chi connectivity index (χ4v) is 5.49. The molecular formula is C11H21NO2S. The Morgan fingerprint density at radius 1 is 1.40 bits per heavy atom. The molecule has 2 unspecified atom stereocenters. The van der Waals surface area contributed by atoms with Crippen molar-refractivity contribution in [1.82, 2.24) is 5.32 Å². The van der Waals surface area contributed by atoms with Gasteiger partial charge in [0.1, 0.15) is 0 Å². The third kappa shape index (κ3) is 2.21. The van der Waals surface area contributed by atoms with E-state index in [0.29, 0.717) is 17.4 Å². The molecule has 2 aliphatic heterocycles. The zero-order chi connectivity index (χ0) is 10.9. The van der Waals surface area contributed by atoms with Crippen LogP contribution in [0.5, 0.6) is 0 Å². The highest BCUT2D eigenvalue weighted by molar-refractivity contribution is 7.91. The normalized spacial score (nSPS) is 40.5. The number of sulfone groups is 1. The maximum Gasteiger partial charge on any atom is 0.150 e. The predicted octanol–water partition coefficient (Wildman–Crippen LogP) is 1.20. The lowest BCUT2D eigenvalue weighted by atomic mass is 9.68. The van der Waals surface area contributed by atoms with Gasteiger partial charge in [-0.1, -0.05) is 13.3 Å². The monoisotopic (exact) mass is 231 g/mol. The second-order valence-corrected chi connectivity index (χ2v) is 7.30. The fourth-order valence-electron chi connectivity index (χ4n) is 3.36. The van der Waals surface area contributed by atoms with E-state index in [-0.39, 0.29) is 5.41 Å². The van der Waals surface area contributed by atoms with Gasteiger partial charge in [0.2, 0.25) is 0 Å². The molecule has 0 bridgehead atoms. The Hall–Kier alpha value is -0.0900. The first-order valence-electron chi connectivity index (χ1n) is 5.99. The molecule has 0 aromatic rings. The number of nitrogens with one attached hydrogen (secondary N) is 1. The van der Waals surface area contributed by atoms with Crippen molar-refractivity contribution in [3.63, 3.8) is 0 Å². The van der Waals surface area contributed by atoms with Crippen molar-refractivity contribution < 1.29 is 8.42 Å². The van der Waals surface area contributed by atoms with Crippen molar-refractivity contribution in [3.8, 4) is 0 Å². The van der Waals surface area contributed by atoms with Gasteiger partial charge in [-0.25, -0.2) is 8.42 Å². The molecule has 1 spiro atoms. The Balaban J connectivity index is 2.22. The van der Waals surface area contributed by atoms with Gasteiger partial charge in [0, 0.05) is 0 Å². The lowest BCUT2D eigenvalue weighted by molar-refractivity contribution is 0.112. The smallest absolute Gasteiger partial charge is 0.150 e. The van der Waals surface area contributed by atoms with Gasteiger partial charge in [0.05, 0.1) is 11.5 Å². The molecule has 0 aliphatic carbocycles. The van der Waals surface area contributed by atoms with Crippen LogP contribution >= 0.6 is 0 Å². The highest BCUT2D eigenvalue weighted by Gasteiger charge is 2.44. The molecule has 15 heavy (non-hydrogen) atoms. The summed E-state index contributed by atoms with van der Waals surface area (Å²) in [6.07, 6.45) is 4.14. The van der Waals surface area contributed by atoms with Crippen LogP contribution in [0.1, 0.15) is 32.6 Å². The Kier molecular flexibility index (Phi) is 3.08. The van der Waals surface area contributed by atoms with Crippen molar-refractivity contribution in [3.05, 3.63) is 0 Å². The largest absolute Gasteiger partial charge is 0.316 e. The first kappa shape index (κ1) is 11.4. The molecule has 3 nitrogen and oxygen atoms in total. The van der Waals surface area contributed by atoms with Gasteiger partial charge in [-0.2, -0.15) is 0 Å². The van der Waals surface area contributed by atoms with E-state index in [1.807, 2.05) is 0 Å². The molecule has 2 aliphatic rings. The topological polar surface area (TPSA) is 46.2 Å². The molecule has 0 saturated carbocycles. The minimum Gasteiger partial charge on any atom is -0.316 e. The van der Waals surface area contributed by atoms with Crippen LogP contribution in [-0.2, 0) is 9.84 Å². The third-order valence-corrected chi connectivity index (χ3v) is 6.11. The van der Waals surface area contributed by atoms with Gasteiger partial charge in [-0.15, -0.1) is 0 Å². The van der Waals surface area contributed by atoms with Crippen LogP contribution in [0.15, 0.2) is 0 Å².